The van der Waals surface area contributed by atoms with E-state index in [-0.39, 0.29) is 24.0 Å². The minimum Gasteiger partial charge on any atom is -0.357 e. The van der Waals surface area contributed by atoms with E-state index in [2.05, 4.69) is 22.5 Å². The van der Waals surface area contributed by atoms with Crippen LogP contribution in [-0.4, -0.2) is 49.0 Å². The fourth-order valence-corrected chi connectivity index (χ4v) is 2.13. The SMILES string of the molecule is CCNC(=NCCCN1CCCC1=O)NC1CC1.I. The summed E-state index contributed by atoms with van der Waals surface area (Å²) in [5, 5.41) is 6.64. The van der Waals surface area contributed by atoms with Crippen LogP contribution in [0.2, 0.25) is 0 Å². The number of likely N-dealkylation sites (tertiary alicyclic amines) is 1. The lowest BCUT2D eigenvalue weighted by Crippen LogP contribution is -2.38. The molecule has 1 heterocycles. The first-order valence-corrected chi connectivity index (χ1v) is 7.12. The second-order valence-electron chi connectivity index (χ2n) is 5.02. The molecule has 0 aromatic carbocycles. The van der Waals surface area contributed by atoms with Crippen LogP contribution in [0.4, 0.5) is 0 Å². The average molecular weight is 380 g/mol. The van der Waals surface area contributed by atoms with E-state index in [9.17, 15) is 4.79 Å². The molecule has 0 bridgehead atoms. The van der Waals surface area contributed by atoms with E-state index in [0.717, 1.165) is 51.4 Å². The minimum atomic E-state index is 0. The molecule has 0 radical (unpaired) electrons. The largest absolute Gasteiger partial charge is 0.357 e. The summed E-state index contributed by atoms with van der Waals surface area (Å²) in [7, 11) is 0. The fraction of sp³-hybridized carbons (Fsp3) is 0.846. The number of nitrogens with one attached hydrogen (secondary N) is 2. The lowest BCUT2D eigenvalue weighted by atomic mass is 10.4. The van der Waals surface area contributed by atoms with Gasteiger partial charge in [-0.3, -0.25) is 9.79 Å². The third-order valence-corrected chi connectivity index (χ3v) is 3.29. The van der Waals surface area contributed by atoms with Gasteiger partial charge in [-0.1, -0.05) is 0 Å². The van der Waals surface area contributed by atoms with Crippen LogP contribution in [0.1, 0.15) is 39.0 Å². The van der Waals surface area contributed by atoms with Gasteiger partial charge in [0, 0.05) is 38.6 Å². The lowest BCUT2D eigenvalue weighted by molar-refractivity contribution is -0.127. The van der Waals surface area contributed by atoms with Gasteiger partial charge in [-0.25, -0.2) is 0 Å². The number of carbonyl (C=O) groups excluding carboxylic acids is 1. The molecule has 0 spiro atoms. The minimum absolute atomic E-state index is 0. The third-order valence-electron chi connectivity index (χ3n) is 3.29. The molecule has 1 saturated heterocycles. The standard InChI is InChI=1S/C13H24N4O.HI/c1-2-14-13(16-11-6-7-11)15-8-4-10-17-9-3-5-12(17)18;/h11H,2-10H2,1H3,(H2,14,15,16);1H. The Hall–Kier alpha value is -0.530. The predicted octanol–water partition coefficient (Wildman–Crippen LogP) is 1.33. The average Bonchev–Trinajstić information content (AvgIpc) is 3.07. The van der Waals surface area contributed by atoms with E-state index < -0.39 is 0 Å². The van der Waals surface area contributed by atoms with Crippen molar-refractivity contribution in [3.8, 4) is 0 Å². The van der Waals surface area contributed by atoms with Gasteiger partial charge in [-0.2, -0.15) is 0 Å². The van der Waals surface area contributed by atoms with E-state index in [1.54, 1.807) is 0 Å². The van der Waals surface area contributed by atoms with Crippen molar-refractivity contribution in [1.82, 2.24) is 15.5 Å². The highest BCUT2D eigenvalue weighted by molar-refractivity contribution is 14.0. The Balaban J connectivity index is 0.00000180. The van der Waals surface area contributed by atoms with Crippen LogP contribution in [0.3, 0.4) is 0 Å². The Labute approximate surface area is 132 Å². The van der Waals surface area contributed by atoms with Gasteiger partial charge in [0.1, 0.15) is 0 Å². The number of rotatable bonds is 6. The van der Waals surface area contributed by atoms with Crippen LogP contribution in [-0.2, 0) is 4.79 Å². The van der Waals surface area contributed by atoms with Gasteiger partial charge in [0.2, 0.25) is 5.91 Å². The number of guanidine groups is 1. The number of amides is 1. The van der Waals surface area contributed by atoms with Gasteiger partial charge in [-0.15, -0.1) is 24.0 Å². The van der Waals surface area contributed by atoms with Gasteiger partial charge in [0.15, 0.2) is 5.96 Å². The van der Waals surface area contributed by atoms with Crippen LogP contribution < -0.4 is 10.6 Å². The Morgan fingerprint density at radius 1 is 1.47 bits per heavy atom. The number of hydrogen-bond acceptors (Lipinski definition) is 2. The predicted molar refractivity (Wildman–Crippen MR) is 88.0 cm³/mol. The molecule has 5 nitrogen and oxygen atoms in total. The molecule has 0 unspecified atom stereocenters. The first-order chi connectivity index (χ1) is 8.79. The van der Waals surface area contributed by atoms with Crippen molar-refractivity contribution in [2.75, 3.05) is 26.2 Å². The van der Waals surface area contributed by atoms with Crippen LogP contribution >= 0.6 is 24.0 Å². The molecule has 6 heteroatoms. The molecule has 19 heavy (non-hydrogen) atoms. The fourth-order valence-electron chi connectivity index (χ4n) is 2.13. The Bertz CT molecular complexity index is 318. The second kappa shape index (κ2) is 8.60. The molecule has 0 aromatic rings. The van der Waals surface area contributed by atoms with Crippen molar-refractivity contribution >= 4 is 35.8 Å². The topological polar surface area (TPSA) is 56.7 Å². The maximum Gasteiger partial charge on any atom is 0.222 e. The van der Waals surface area contributed by atoms with Crippen LogP contribution in [0.5, 0.6) is 0 Å². The zero-order chi connectivity index (χ0) is 12.8. The molecule has 2 fully saturated rings. The summed E-state index contributed by atoms with van der Waals surface area (Å²) in [6.45, 7) is 5.54. The van der Waals surface area contributed by atoms with E-state index in [1.165, 1.54) is 12.8 Å². The van der Waals surface area contributed by atoms with E-state index in [1.807, 2.05) is 4.90 Å². The number of aliphatic imine (C=N–C) groups is 1. The molecule has 110 valence electrons. The molecular weight excluding hydrogens is 355 g/mol. The van der Waals surface area contributed by atoms with Gasteiger partial charge in [-0.05, 0) is 32.6 Å². The number of hydrogen-bond donors (Lipinski definition) is 2. The zero-order valence-corrected chi connectivity index (χ0v) is 14.0. The molecule has 2 rings (SSSR count). The molecule has 0 atom stereocenters. The molecular formula is C13H25IN4O. The number of carbonyl (C=O) groups is 1. The van der Waals surface area contributed by atoms with Crippen molar-refractivity contribution in [2.24, 2.45) is 4.99 Å². The highest BCUT2D eigenvalue weighted by atomic mass is 127. The smallest absolute Gasteiger partial charge is 0.222 e. The van der Waals surface area contributed by atoms with Gasteiger partial charge in [0.05, 0.1) is 0 Å². The molecule has 1 amide bonds. The Kier molecular flexibility index (Phi) is 7.48. The quantitative estimate of drug-likeness (QED) is 0.317. The third kappa shape index (κ3) is 5.97. The van der Waals surface area contributed by atoms with Crippen molar-refractivity contribution in [2.45, 2.75) is 45.1 Å². The zero-order valence-electron chi connectivity index (χ0n) is 11.7. The molecule has 2 aliphatic rings. The maximum absolute atomic E-state index is 11.4. The summed E-state index contributed by atoms with van der Waals surface area (Å²) in [5.41, 5.74) is 0. The molecule has 1 saturated carbocycles. The Morgan fingerprint density at radius 2 is 2.26 bits per heavy atom. The number of halogens is 1. The summed E-state index contributed by atoms with van der Waals surface area (Å²) in [6.07, 6.45) is 5.22. The second-order valence-corrected chi connectivity index (χ2v) is 5.02. The summed E-state index contributed by atoms with van der Waals surface area (Å²) in [6, 6.07) is 0.628. The molecule has 0 aromatic heterocycles. The van der Waals surface area contributed by atoms with Crippen molar-refractivity contribution < 1.29 is 4.79 Å². The van der Waals surface area contributed by atoms with Gasteiger partial charge >= 0.3 is 0 Å². The Morgan fingerprint density at radius 3 is 2.84 bits per heavy atom. The lowest BCUT2D eigenvalue weighted by Gasteiger charge is -2.14. The first kappa shape index (κ1) is 16.5. The number of nitrogens with zero attached hydrogens (tertiary/aromatic N) is 2. The molecule has 2 N–H and O–H groups in total. The highest BCUT2D eigenvalue weighted by Gasteiger charge is 2.22. The van der Waals surface area contributed by atoms with E-state index in [0.29, 0.717) is 11.9 Å². The van der Waals surface area contributed by atoms with Crippen molar-refractivity contribution in [3.05, 3.63) is 0 Å². The van der Waals surface area contributed by atoms with Crippen molar-refractivity contribution in [1.29, 1.82) is 0 Å². The summed E-state index contributed by atoms with van der Waals surface area (Å²) >= 11 is 0. The van der Waals surface area contributed by atoms with Gasteiger partial charge in [0.25, 0.3) is 0 Å². The summed E-state index contributed by atoms with van der Waals surface area (Å²) in [4.78, 5) is 17.9. The van der Waals surface area contributed by atoms with Crippen LogP contribution in [0.25, 0.3) is 0 Å². The van der Waals surface area contributed by atoms with E-state index >= 15 is 0 Å². The normalized spacial score (nSPS) is 19.3. The molecule has 1 aliphatic heterocycles. The first-order valence-electron chi connectivity index (χ1n) is 7.12. The molecule has 1 aliphatic carbocycles. The van der Waals surface area contributed by atoms with Crippen LogP contribution in [0.15, 0.2) is 4.99 Å². The summed E-state index contributed by atoms with van der Waals surface area (Å²) < 4.78 is 0. The van der Waals surface area contributed by atoms with Crippen molar-refractivity contribution in [3.63, 3.8) is 0 Å². The summed E-state index contributed by atoms with van der Waals surface area (Å²) in [5.74, 6) is 1.23. The maximum atomic E-state index is 11.4. The van der Waals surface area contributed by atoms with E-state index in [4.69, 9.17) is 0 Å². The monoisotopic (exact) mass is 380 g/mol. The van der Waals surface area contributed by atoms with Gasteiger partial charge < -0.3 is 15.5 Å². The highest BCUT2D eigenvalue weighted by Crippen LogP contribution is 2.18. The van der Waals surface area contributed by atoms with Crippen LogP contribution in [0, 0.1) is 0 Å².